The summed E-state index contributed by atoms with van der Waals surface area (Å²) in [7, 11) is 0. The Hall–Kier alpha value is -1.66. The van der Waals surface area contributed by atoms with Crippen molar-refractivity contribution in [3.05, 3.63) is 40.6 Å². The highest BCUT2D eigenvalue weighted by molar-refractivity contribution is 7.07. The largest absolute Gasteiger partial charge is 0.381 e. The van der Waals surface area contributed by atoms with E-state index in [1.54, 1.807) is 11.3 Å². The number of amides is 1. The molecule has 6 heteroatoms. The highest BCUT2D eigenvalue weighted by atomic mass is 32.1. The molecule has 1 aliphatic carbocycles. The Morgan fingerprint density at radius 1 is 1.29 bits per heavy atom. The lowest BCUT2D eigenvalue weighted by atomic mass is 10.1. The van der Waals surface area contributed by atoms with E-state index in [0.29, 0.717) is 18.9 Å². The minimum Gasteiger partial charge on any atom is -0.381 e. The Labute approximate surface area is 146 Å². The van der Waals surface area contributed by atoms with Gasteiger partial charge in [-0.25, -0.2) is 4.98 Å². The monoisotopic (exact) mass is 345 g/mol. The third-order valence-corrected chi connectivity index (χ3v) is 5.49. The van der Waals surface area contributed by atoms with E-state index >= 15 is 0 Å². The lowest BCUT2D eigenvalue weighted by Gasteiger charge is -2.24. The van der Waals surface area contributed by atoms with E-state index in [1.165, 1.54) is 12.8 Å². The van der Waals surface area contributed by atoms with Crippen molar-refractivity contribution in [2.45, 2.75) is 32.4 Å². The maximum atomic E-state index is 12.7. The van der Waals surface area contributed by atoms with Gasteiger partial charge in [0.15, 0.2) is 0 Å². The second-order valence-corrected chi connectivity index (χ2v) is 7.71. The van der Waals surface area contributed by atoms with E-state index < -0.39 is 0 Å². The predicted octanol–water partition coefficient (Wildman–Crippen LogP) is 2.57. The number of thiophene rings is 1. The highest BCUT2D eigenvalue weighted by Gasteiger charge is 2.27. The molecule has 2 aliphatic rings. The van der Waals surface area contributed by atoms with Crippen LogP contribution in [0.3, 0.4) is 0 Å². The summed E-state index contributed by atoms with van der Waals surface area (Å²) in [5, 5.41) is 4.07. The van der Waals surface area contributed by atoms with Gasteiger partial charge in [-0.2, -0.15) is 11.3 Å². The maximum absolute atomic E-state index is 12.7. The van der Waals surface area contributed by atoms with Crippen molar-refractivity contribution in [1.29, 1.82) is 0 Å². The van der Waals surface area contributed by atoms with E-state index in [2.05, 4.69) is 9.55 Å². The Kier molecular flexibility index (Phi) is 4.67. The summed E-state index contributed by atoms with van der Waals surface area (Å²) < 4.78 is 8.08. The van der Waals surface area contributed by atoms with Crippen molar-refractivity contribution < 1.29 is 9.53 Å². The molecule has 0 unspecified atom stereocenters. The van der Waals surface area contributed by atoms with Crippen LogP contribution in [0.4, 0.5) is 0 Å². The predicted molar refractivity (Wildman–Crippen MR) is 92.7 cm³/mol. The maximum Gasteiger partial charge on any atom is 0.227 e. The van der Waals surface area contributed by atoms with Crippen LogP contribution in [0, 0.1) is 11.8 Å². The van der Waals surface area contributed by atoms with Crippen molar-refractivity contribution >= 4 is 17.2 Å². The SMILES string of the molecule is O=C(Cc1ccsc1)N1Cc2nccn2C[C@@H](COCC2CC2)C1. The van der Waals surface area contributed by atoms with Gasteiger partial charge in [-0.05, 0) is 41.1 Å². The molecule has 1 aliphatic heterocycles. The van der Waals surface area contributed by atoms with Crippen LogP contribution in [-0.2, 0) is 29.0 Å². The van der Waals surface area contributed by atoms with Gasteiger partial charge in [0.25, 0.3) is 0 Å². The van der Waals surface area contributed by atoms with E-state index in [9.17, 15) is 4.79 Å². The van der Waals surface area contributed by atoms with E-state index in [4.69, 9.17) is 4.74 Å². The molecule has 3 heterocycles. The van der Waals surface area contributed by atoms with Crippen molar-refractivity contribution in [3.63, 3.8) is 0 Å². The molecule has 24 heavy (non-hydrogen) atoms. The summed E-state index contributed by atoms with van der Waals surface area (Å²) in [4.78, 5) is 19.1. The van der Waals surface area contributed by atoms with E-state index in [1.807, 2.05) is 34.1 Å². The highest BCUT2D eigenvalue weighted by Crippen LogP contribution is 2.29. The van der Waals surface area contributed by atoms with Gasteiger partial charge in [0, 0.05) is 38.0 Å². The average Bonchev–Trinajstić information content (AvgIpc) is 3.13. The van der Waals surface area contributed by atoms with Gasteiger partial charge in [-0.15, -0.1) is 0 Å². The molecular weight excluding hydrogens is 322 g/mol. The lowest BCUT2D eigenvalue weighted by molar-refractivity contribution is -0.132. The quantitative estimate of drug-likeness (QED) is 0.808. The second kappa shape index (κ2) is 7.07. The van der Waals surface area contributed by atoms with Gasteiger partial charge in [-0.1, -0.05) is 0 Å². The summed E-state index contributed by atoms with van der Waals surface area (Å²) in [5.74, 6) is 2.25. The van der Waals surface area contributed by atoms with E-state index in [-0.39, 0.29) is 5.91 Å². The number of aromatic nitrogens is 2. The van der Waals surface area contributed by atoms with Crippen LogP contribution in [0.2, 0.25) is 0 Å². The summed E-state index contributed by atoms with van der Waals surface area (Å²) in [6.07, 6.45) is 6.92. The number of carbonyl (C=O) groups excluding carboxylic acids is 1. The minimum atomic E-state index is 0.178. The van der Waals surface area contributed by atoms with Crippen molar-refractivity contribution in [1.82, 2.24) is 14.5 Å². The molecule has 0 spiro atoms. The second-order valence-electron chi connectivity index (χ2n) is 6.93. The molecule has 1 atom stereocenters. The number of ether oxygens (including phenoxy) is 1. The summed E-state index contributed by atoms with van der Waals surface area (Å²) in [6.45, 7) is 3.81. The number of carbonyl (C=O) groups is 1. The molecule has 1 amide bonds. The van der Waals surface area contributed by atoms with Gasteiger partial charge >= 0.3 is 0 Å². The van der Waals surface area contributed by atoms with Crippen LogP contribution in [0.15, 0.2) is 29.2 Å². The number of fused-ring (bicyclic) bond motifs is 1. The average molecular weight is 345 g/mol. The van der Waals surface area contributed by atoms with Gasteiger partial charge in [0.2, 0.25) is 5.91 Å². The normalized spacial score (nSPS) is 20.7. The smallest absolute Gasteiger partial charge is 0.227 e. The molecule has 0 radical (unpaired) electrons. The van der Waals surface area contributed by atoms with Crippen LogP contribution < -0.4 is 0 Å². The number of nitrogens with zero attached hydrogens (tertiary/aromatic N) is 3. The van der Waals surface area contributed by atoms with Crippen LogP contribution >= 0.6 is 11.3 Å². The first-order valence-electron chi connectivity index (χ1n) is 8.64. The topological polar surface area (TPSA) is 47.4 Å². The fraction of sp³-hybridized carbons (Fsp3) is 0.556. The number of hydrogen-bond donors (Lipinski definition) is 0. The molecule has 0 saturated heterocycles. The standard InChI is InChI=1S/C18H23N3O2S/c22-18(7-15-3-6-24-13-15)21-9-16(12-23-11-14-1-2-14)8-20-5-4-19-17(20)10-21/h3-6,13-14,16H,1-2,7-12H2/t16-/m1/s1. The third-order valence-electron chi connectivity index (χ3n) is 4.76. The molecule has 0 N–H and O–H groups in total. The minimum absolute atomic E-state index is 0.178. The number of imidazole rings is 1. The van der Waals surface area contributed by atoms with Crippen LogP contribution in [0.5, 0.6) is 0 Å². The summed E-state index contributed by atoms with van der Waals surface area (Å²) >= 11 is 1.64. The van der Waals surface area contributed by atoms with Crippen LogP contribution in [0.25, 0.3) is 0 Å². The zero-order valence-electron chi connectivity index (χ0n) is 13.8. The fourth-order valence-electron chi connectivity index (χ4n) is 3.20. The summed E-state index contributed by atoms with van der Waals surface area (Å²) in [5.41, 5.74) is 1.10. The van der Waals surface area contributed by atoms with Crippen LogP contribution in [-0.4, -0.2) is 40.1 Å². The summed E-state index contributed by atoms with van der Waals surface area (Å²) in [6, 6.07) is 2.03. The number of hydrogen-bond acceptors (Lipinski definition) is 4. The molecular formula is C18H23N3O2S. The lowest BCUT2D eigenvalue weighted by Crippen LogP contribution is -2.36. The van der Waals surface area contributed by atoms with Gasteiger partial charge in [0.05, 0.1) is 19.6 Å². The number of rotatable bonds is 6. The third kappa shape index (κ3) is 3.87. The van der Waals surface area contributed by atoms with Gasteiger partial charge in [-0.3, -0.25) is 4.79 Å². The van der Waals surface area contributed by atoms with E-state index in [0.717, 1.165) is 43.6 Å². The first-order chi connectivity index (χ1) is 11.8. The Morgan fingerprint density at radius 3 is 2.96 bits per heavy atom. The van der Waals surface area contributed by atoms with Gasteiger partial charge < -0.3 is 14.2 Å². The van der Waals surface area contributed by atoms with Crippen LogP contribution in [0.1, 0.15) is 24.2 Å². The Morgan fingerprint density at radius 2 is 2.17 bits per heavy atom. The zero-order chi connectivity index (χ0) is 16.4. The molecule has 2 aromatic heterocycles. The molecule has 1 saturated carbocycles. The first-order valence-corrected chi connectivity index (χ1v) is 9.59. The Balaban J connectivity index is 1.42. The molecule has 0 aromatic carbocycles. The molecule has 0 bridgehead atoms. The van der Waals surface area contributed by atoms with Gasteiger partial charge in [0.1, 0.15) is 5.82 Å². The fourth-order valence-corrected chi connectivity index (χ4v) is 3.87. The van der Waals surface area contributed by atoms with Crippen molar-refractivity contribution in [3.8, 4) is 0 Å². The molecule has 2 aromatic rings. The Bertz CT molecular complexity index is 678. The molecule has 1 fully saturated rings. The molecule has 128 valence electrons. The first kappa shape index (κ1) is 15.8. The van der Waals surface area contributed by atoms with Crippen molar-refractivity contribution in [2.75, 3.05) is 19.8 Å². The molecule has 5 nitrogen and oxygen atoms in total. The van der Waals surface area contributed by atoms with Crippen molar-refractivity contribution in [2.24, 2.45) is 11.8 Å². The zero-order valence-corrected chi connectivity index (χ0v) is 14.6. The molecule has 4 rings (SSSR count).